The van der Waals surface area contributed by atoms with Gasteiger partial charge in [0.25, 0.3) is 0 Å². The average molecular weight is 264 g/mol. The van der Waals surface area contributed by atoms with Crippen LogP contribution in [0.2, 0.25) is 0 Å². The van der Waals surface area contributed by atoms with Crippen molar-refractivity contribution in [1.29, 1.82) is 0 Å². The van der Waals surface area contributed by atoms with Gasteiger partial charge in [0.1, 0.15) is 5.75 Å². The topological polar surface area (TPSA) is 58.7 Å². The summed E-state index contributed by atoms with van der Waals surface area (Å²) in [5.41, 5.74) is 7.96. The lowest BCUT2D eigenvalue weighted by Gasteiger charge is -2.26. The summed E-state index contributed by atoms with van der Waals surface area (Å²) in [7, 11) is 1.69. The van der Waals surface area contributed by atoms with Gasteiger partial charge in [-0.25, -0.2) is 0 Å². The fraction of sp³-hybridized carbons (Fsp3) is 0.600. The molecule has 1 aliphatic heterocycles. The number of hydrogen-bond acceptors (Lipinski definition) is 4. The molecule has 3 N–H and O–H groups in total. The summed E-state index contributed by atoms with van der Waals surface area (Å²) < 4.78 is 5.42. The fourth-order valence-corrected chi connectivity index (χ4v) is 2.88. The van der Waals surface area contributed by atoms with E-state index >= 15 is 0 Å². The molecule has 0 amide bonds. The average Bonchev–Trinajstić information content (AvgIpc) is 2.79. The van der Waals surface area contributed by atoms with E-state index in [9.17, 15) is 5.11 Å². The number of hydrogen-bond donors (Lipinski definition) is 2. The highest BCUT2D eigenvalue weighted by molar-refractivity contribution is 5.37. The van der Waals surface area contributed by atoms with Gasteiger partial charge in [-0.3, -0.25) is 4.90 Å². The number of rotatable bonds is 5. The molecule has 1 saturated heterocycles. The molecule has 1 fully saturated rings. The standard InChI is InChI=1S/C15H24N2O2/c1-11-5-6-17(14(11)10-18)9-13-7-12(8-16)3-4-15(13)19-2/h3-4,7,11,14,18H,5-6,8-10,16H2,1-2H3. The third-order valence-electron chi connectivity index (χ3n) is 4.14. The van der Waals surface area contributed by atoms with Gasteiger partial charge in [-0.2, -0.15) is 0 Å². The second kappa shape index (κ2) is 6.37. The number of nitrogens with two attached hydrogens (primary N) is 1. The molecule has 0 aromatic heterocycles. The largest absolute Gasteiger partial charge is 0.496 e. The SMILES string of the molecule is COc1ccc(CN)cc1CN1CCC(C)C1CO. The second-order valence-corrected chi connectivity index (χ2v) is 5.34. The Morgan fingerprint density at radius 1 is 1.47 bits per heavy atom. The van der Waals surface area contributed by atoms with E-state index < -0.39 is 0 Å². The Labute approximate surface area is 115 Å². The lowest BCUT2D eigenvalue weighted by Crippen LogP contribution is -2.34. The van der Waals surface area contributed by atoms with Crippen molar-refractivity contribution in [2.75, 3.05) is 20.3 Å². The van der Waals surface area contributed by atoms with Gasteiger partial charge in [0, 0.05) is 24.7 Å². The summed E-state index contributed by atoms with van der Waals surface area (Å²) in [4.78, 5) is 2.34. The predicted molar refractivity (Wildman–Crippen MR) is 76.0 cm³/mol. The van der Waals surface area contributed by atoms with Crippen LogP contribution in [0.5, 0.6) is 5.75 Å². The van der Waals surface area contributed by atoms with Crippen molar-refractivity contribution < 1.29 is 9.84 Å². The molecule has 1 aromatic carbocycles. The van der Waals surface area contributed by atoms with Crippen LogP contribution < -0.4 is 10.5 Å². The maximum absolute atomic E-state index is 9.52. The fourth-order valence-electron chi connectivity index (χ4n) is 2.88. The van der Waals surface area contributed by atoms with Crippen LogP contribution in [0.4, 0.5) is 0 Å². The first-order valence-electron chi connectivity index (χ1n) is 6.90. The Kier molecular flexibility index (Phi) is 4.80. The van der Waals surface area contributed by atoms with Crippen LogP contribution in [0.25, 0.3) is 0 Å². The zero-order chi connectivity index (χ0) is 13.8. The molecule has 0 aliphatic carbocycles. The van der Waals surface area contributed by atoms with Crippen molar-refractivity contribution in [3.05, 3.63) is 29.3 Å². The van der Waals surface area contributed by atoms with Crippen molar-refractivity contribution in [1.82, 2.24) is 4.90 Å². The summed E-state index contributed by atoms with van der Waals surface area (Å²) in [6.45, 7) is 4.81. The Hall–Kier alpha value is -1.10. The Morgan fingerprint density at radius 3 is 2.89 bits per heavy atom. The van der Waals surface area contributed by atoms with E-state index in [1.165, 1.54) is 0 Å². The van der Waals surface area contributed by atoms with Gasteiger partial charge in [0.2, 0.25) is 0 Å². The van der Waals surface area contributed by atoms with Crippen molar-refractivity contribution in [3.8, 4) is 5.75 Å². The van der Waals surface area contributed by atoms with Crippen LogP contribution in [0.15, 0.2) is 18.2 Å². The molecule has 0 spiro atoms. The number of aliphatic hydroxyl groups excluding tert-OH is 1. The first-order valence-corrected chi connectivity index (χ1v) is 6.90. The summed E-state index contributed by atoms with van der Waals surface area (Å²) in [6, 6.07) is 6.34. The van der Waals surface area contributed by atoms with E-state index in [2.05, 4.69) is 17.9 Å². The summed E-state index contributed by atoms with van der Waals surface area (Å²) >= 11 is 0. The van der Waals surface area contributed by atoms with Gasteiger partial charge in [0.05, 0.1) is 13.7 Å². The normalized spacial score (nSPS) is 23.8. The highest BCUT2D eigenvalue weighted by Crippen LogP contribution is 2.28. The van der Waals surface area contributed by atoms with E-state index in [0.717, 1.165) is 36.4 Å². The zero-order valence-electron chi connectivity index (χ0n) is 11.8. The molecule has 4 heteroatoms. The maximum atomic E-state index is 9.52. The van der Waals surface area contributed by atoms with Crippen molar-refractivity contribution in [3.63, 3.8) is 0 Å². The van der Waals surface area contributed by atoms with Gasteiger partial charge in [0.15, 0.2) is 0 Å². The third kappa shape index (κ3) is 3.08. The minimum atomic E-state index is 0.222. The Balaban J connectivity index is 2.17. The molecule has 0 bridgehead atoms. The molecule has 19 heavy (non-hydrogen) atoms. The van der Waals surface area contributed by atoms with E-state index in [0.29, 0.717) is 12.5 Å². The van der Waals surface area contributed by atoms with Crippen LogP contribution in [-0.4, -0.2) is 36.3 Å². The lowest BCUT2D eigenvalue weighted by atomic mass is 10.0. The summed E-state index contributed by atoms with van der Waals surface area (Å²) in [5, 5.41) is 9.52. The molecule has 0 saturated carbocycles. The van der Waals surface area contributed by atoms with Crippen LogP contribution in [0, 0.1) is 5.92 Å². The van der Waals surface area contributed by atoms with Gasteiger partial charge in [-0.15, -0.1) is 0 Å². The van der Waals surface area contributed by atoms with E-state index in [-0.39, 0.29) is 12.6 Å². The molecule has 106 valence electrons. The van der Waals surface area contributed by atoms with Crippen LogP contribution in [0.1, 0.15) is 24.5 Å². The summed E-state index contributed by atoms with van der Waals surface area (Å²) in [5.74, 6) is 1.45. The molecule has 4 nitrogen and oxygen atoms in total. The smallest absolute Gasteiger partial charge is 0.123 e. The number of benzene rings is 1. The zero-order valence-corrected chi connectivity index (χ0v) is 11.8. The monoisotopic (exact) mass is 264 g/mol. The quantitative estimate of drug-likeness (QED) is 0.843. The van der Waals surface area contributed by atoms with Crippen molar-refractivity contribution in [2.45, 2.75) is 32.5 Å². The minimum Gasteiger partial charge on any atom is -0.496 e. The van der Waals surface area contributed by atoms with Gasteiger partial charge >= 0.3 is 0 Å². The van der Waals surface area contributed by atoms with E-state index in [4.69, 9.17) is 10.5 Å². The first-order chi connectivity index (χ1) is 9.19. The maximum Gasteiger partial charge on any atom is 0.123 e. The van der Waals surface area contributed by atoms with E-state index in [1.54, 1.807) is 7.11 Å². The molecule has 1 aromatic rings. The van der Waals surface area contributed by atoms with Crippen LogP contribution in [-0.2, 0) is 13.1 Å². The molecule has 2 rings (SSSR count). The number of aliphatic hydroxyl groups is 1. The first kappa shape index (κ1) is 14.3. The molecule has 0 radical (unpaired) electrons. The predicted octanol–water partition coefficient (Wildman–Crippen LogP) is 1.36. The van der Waals surface area contributed by atoms with Gasteiger partial charge < -0.3 is 15.6 Å². The number of ether oxygens (including phenoxy) is 1. The Morgan fingerprint density at radius 2 is 2.26 bits per heavy atom. The third-order valence-corrected chi connectivity index (χ3v) is 4.14. The van der Waals surface area contributed by atoms with Crippen molar-refractivity contribution >= 4 is 0 Å². The molecule has 1 heterocycles. The second-order valence-electron chi connectivity index (χ2n) is 5.34. The highest BCUT2D eigenvalue weighted by atomic mass is 16.5. The number of likely N-dealkylation sites (tertiary alicyclic amines) is 1. The molecule has 1 aliphatic rings. The van der Waals surface area contributed by atoms with Gasteiger partial charge in [-0.1, -0.05) is 13.0 Å². The van der Waals surface area contributed by atoms with Crippen LogP contribution in [0.3, 0.4) is 0 Å². The molecule has 2 unspecified atom stereocenters. The molecular weight excluding hydrogens is 240 g/mol. The number of nitrogens with zero attached hydrogens (tertiary/aromatic N) is 1. The van der Waals surface area contributed by atoms with Gasteiger partial charge in [-0.05, 0) is 36.6 Å². The van der Waals surface area contributed by atoms with Crippen LogP contribution >= 0.6 is 0 Å². The minimum absolute atomic E-state index is 0.222. The summed E-state index contributed by atoms with van der Waals surface area (Å²) in [6.07, 6.45) is 1.14. The van der Waals surface area contributed by atoms with E-state index in [1.807, 2.05) is 12.1 Å². The lowest BCUT2D eigenvalue weighted by molar-refractivity contribution is 0.133. The molecular formula is C15H24N2O2. The highest BCUT2D eigenvalue weighted by Gasteiger charge is 2.30. The van der Waals surface area contributed by atoms with Crippen molar-refractivity contribution in [2.24, 2.45) is 11.7 Å². The molecule has 2 atom stereocenters. The number of methoxy groups -OCH3 is 1. The Bertz CT molecular complexity index is 423.